The number of nitrogens with zero attached hydrogens (tertiary/aromatic N) is 1. The van der Waals surface area contributed by atoms with Crippen LogP contribution in [0.1, 0.15) is 12.8 Å². The molecule has 3 aromatic carbocycles. The topological polar surface area (TPSA) is 113 Å². The number of amides is 1. The number of rotatable bonds is 10. The highest BCUT2D eigenvalue weighted by Gasteiger charge is 2.21. The Morgan fingerprint density at radius 3 is 2.17 bits per heavy atom. The molecule has 0 atom stereocenters. The average molecular weight is 591 g/mol. The molecule has 0 heterocycles. The summed E-state index contributed by atoms with van der Waals surface area (Å²) in [6, 6.07) is 16.4. The maximum absolute atomic E-state index is 12.6. The molecular formula is C23H22Cl3N3O5S2. The Kier molecular flexibility index (Phi) is 9.13. The van der Waals surface area contributed by atoms with Gasteiger partial charge in [0.1, 0.15) is 0 Å². The fraction of sp³-hybridized carbons (Fsp3) is 0.174. The van der Waals surface area contributed by atoms with E-state index in [0.717, 1.165) is 10.6 Å². The van der Waals surface area contributed by atoms with Gasteiger partial charge in [-0.3, -0.25) is 13.8 Å². The zero-order chi connectivity index (χ0) is 26.5. The van der Waals surface area contributed by atoms with E-state index in [4.69, 9.17) is 34.8 Å². The predicted molar refractivity (Wildman–Crippen MR) is 145 cm³/mol. The molecule has 0 saturated heterocycles. The van der Waals surface area contributed by atoms with Crippen LogP contribution in [0.15, 0.2) is 71.6 Å². The summed E-state index contributed by atoms with van der Waals surface area (Å²) in [5, 5.41) is 3.60. The molecule has 0 unspecified atom stereocenters. The molecule has 36 heavy (non-hydrogen) atoms. The molecule has 0 aliphatic heterocycles. The Hall–Kier alpha value is -2.50. The highest BCUT2D eigenvalue weighted by atomic mass is 35.5. The number of benzene rings is 3. The summed E-state index contributed by atoms with van der Waals surface area (Å²) in [6.07, 6.45) is 1.26. The second-order valence-electron chi connectivity index (χ2n) is 7.72. The van der Waals surface area contributed by atoms with Gasteiger partial charge >= 0.3 is 0 Å². The van der Waals surface area contributed by atoms with Crippen LogP contribution < -0.4 is 14.3 Å². The lowest BCUT2D eigenvalue weighted by Gasteiger charge is -2.23. The lowest BCUT2D eigenvalue weighted by Crippen LogP contribution is -2.31. The number of hydrogen-bond donors (Lipinski definition) is 2. The molecular weight excluding hydrogens is 569 g/mol. The van der Waals surface area contributed by atoms with Gasteiger partial charge in [-0.1, -0.05) is 40.9 Å². The molecule has 1 amide bonds. The number of carbonyl (C=O) groups excluding carboxylic acids is 1. The van der Waals surface area contributed by atoms with Crippen LogP contribution in [0, 0.1) is 0 Å². The van der Waals surface area contributed by atoms with E-state index in [-0.39, 0.29) is 40.9 Å². The Labute approximate surface area is 225 Å². The van der Waals surface area contributed by atoms with Gasteiger partial charge < -0.3 is 5.32 Å². The van der Waals surface area contributed by atoms with Crippen molar-refractivity contribution < 1.29 is 21.6 Å². The van der Waals surface area contributed by atoms with E-state index in [1.165, 1.54) is 42.5 Å². The molecule has 0 aliphatic rings. The van der Waals surface area contributed by atoms with Crippen molar-refractivity contribution in [3.63, 3.8) is 0 Å². The van der Waals surface area contributed by atoms with Crippen LogP contribution in [0.4, 0.5) is 17.1 Å². The van der Waals surface area contributed by atoms with Crippen molar-refractivity contribution in [3.05, 3.63) is 81.8 Å². The largest absolute Gasteiger partial charge is 0.326 e. The van der Waals surface area contributed by atoms with E-state index >= 15 is 0 Å². The fourth-order valence-corrected chi connectivity index (χ4v) is 5.88. The first kappa shape index (κ1) is 28.1. The van der Waals surface area contributed by atoms with Gasteiger partial charge in [-0.25, -0.2) is 16.8 Å². The monoisotopic (exact) mass is 589 g/mol. The van der Waals surface area contributed by atoms with E-state index in [9.17, 15) is 21.6 Å². The Morgan fingerprint density at radius 1 is 0.861 bits per heavy atom. The third-order valence-electron chi connectivity index (χ3n) is 4.87. The minimum absolute atomic E-state index is 0.00247. The van der Waals surface area contributed by atoms with Crippen LogP contribution in [0.5, 0.6) is 0 Å². The third-order valence-corrected chi connectivity index (χ3v) is 8.23. The lowest BCUT2D eigenvalue weighted by atomic mass is 10.2. The normalized spacial score (nSPS) is 11.7. The van der Waals surface area contributed by atoms with Crippen molar-refractivity contribution in [2.75, 3.05) is 27.1 Å². The molecule has 0 spiro atoms. The molecule has 3 aromatic rings. The maximum Gasteiger partial charge on any atom is 0.261 e. The van der Waals surface area contributed by atoms with Crippen molar-refractivity contribution in [2.45, 2.75) is 17.7 Å². The minimum atomic E-state index is -3.85. The molecule has 3 rings (SSSR count). The van der Waals surface area contributed by atoms with Crippen molar-refractivity contribution in [1.82, 2.24) is 0 Å². The van der Waals surface area contributed by atoms with Crippen molar-refractivity contribution in [3.8, 4) is 0 Å². The van der Waals surface area contributed by atoms with Crippen LogP contribution in [0.2, 0.25) is 15.1 Å². The smallest absolute Gasteiger partial charge is 0.261 e. The molecule has 0 aromatic heterocycles. The fourth-order valence-electron chi connectivity index (χ4n) is 3.23. The second kappa shape index (κ2) is 11.7. The van der Waals surface area contributed by atoms with Crippen molar-refractivity contribution >= 4 is 77.8 Å². The average Bonchev–Trinajstić information content (AvgIpc) is 2.78. The van der Waals surface area contributed by atoms with Gasteiger partial charge in [0.05, 0.1) is 27.5 Å². The summed E-state index contributed by atoms with van der Waals surface area (Å²) in [5.41, 5.74) is 0.942. The van der Waals surface area contributed by atoms with Gasteiger partial charge in [0.25, 0.3) is 10.0 Å². The molecule has 192 valence electrons. The van der Waals surface area contributed by atoms with E-state index in [2.05, 4.69) is 10.0 Å². The number of anilines is 3. The van der Waals surface area contributed by atoms with Gasteiger partial charge in [0.15, 0.2) is 0 Å². The number of nitrogens with one attached hydrogen (secondary N) is 2. The highest BCUT2D eigenvalue weighted by Crippen LogP contribution is 2.31. The van der Waals surface area contributed by atoms with E-state index in [0.29, 0.717) is 21.4 Å². The summed E-state index contributed by atoms with van der Waals surface area (Å²) in [6.45, 7) is 0.0126. The molecule has 0 aliphatic carbocycles. The quantitative estimate of drug-likeness (QED) is 0.318. The van der Waals surface area contributed by atoms with Gasteiger partial charge in [-0.05, 0) is 67.1 Å². The minimum Gasteiger partial charge on any atom is -0.326 e. The van der Waals surface area contributed by atoms with E-state index < -0.39 is 20.0 Å². The van der Waals surface area contributed by atoms with Crippen LogP contribution in [-0.4, -0.2) is 35.5 Å². The summed E-state index contributed by atoms with van der Waals surface area (Å²) in [4.78, 5) is 12.4. The second-order valence-corrected chi connectivity index (χ2v) is 12.6. The zero-order valence-electron chi connectivity index (χ0n) is 18.9. The first-order valence-electron chi connectivity index (χ1n) is 10.5. The lowest BCUT2D eigenvalue weighted by molar-refractivity contribution is -0.116. The maximum atomic E-state index is 12.6. The predicted octanol–water partition coefficient (Wildman–Crippen LogP) is 5.63. The molecule has 0 radical (unpaired) electrons. The summed E-state index contributed by atoms with van der Waals surface area (Å²) >= 11 is 18.0. The summed E-state index contributed by atoms with van der Waals surface area (Å²) < 4.78 is 53.2. The van der Waals surface area contributed by atoms with Gasteiger partial charge in [0, 0.05) is 28.7 Å². The van der Waals surface area contributed by atoms with Crippen LogP contribution >= 0.6 is 34.8 Å². The first-order valence-corrected chi connectivity index (χ1v) is 14.9. The summed E-state index contributed by atoms with van der Waals surface area (Å²) in [7, 11) is -7.52. The van der Waals surface area contributed by atoms with Gasteiger partial charge in [-0.15, -0.1) is 0 Å². The van der Waals surface area contributed by atoms with Crippen LogP contribution in [-0.2, 0) is 24.8 Å². The number of halogens is 3. The third kappa shape index (κ3) is 7.75. The van der Waals surface area contributed by atoms with Crippen molar-refractivity contribution in [2.24, 2.45) is 0 Å². The SMILES string of the molecule is CS(=O)(=O)N(CCCC(=O)Nc1ccc(S(=O)(=O)Nc2cccc(Cl)c2)cc1)c1cc(Cl)ccc1Cl. The molecule has 0 saturated carbocycles. The number of carbonyl (C=O) groups is 1. The Bertz CT molecular complexity index is 1460. The van der Waals surface area contributed by atoms with Crippen LogP contribution in [0.25, 0.3) is 0 Å². The molecule has 0 bridgehead atoms. The Morgan fingerprint density at radius 2 is 1.53 bits per heavy atom. The van der Waals surface area contributed by atoms with E-state index in [1.54, 1.807) is 24.3 Å². The van der Waals surface area contributed by atoms with Gasteiger partial charge in [-0.2, -0.15) is 0 Å². The van der Waals surface area contributed by atoms with Gasteiger partial charge in [0.2, 0.25) is 15.9 Å². The number of sulfonamides is 2. The standard InChI is InChI=1S/C23H22Cl3N3O5S2/c1-35(31,32)29(22-15-17(25)7-12-21(22)26)13-3-6-23(30)27-18-8-10-20(11-9-18)36(33,34)28-19-5-2-4-16(24)14-19/h2,4-5,7-12,14-15,28H,3,6,13H2,1H3,(H,27,30). The molecule has 0 fully saturated rings. The Balaban J connectivity index is 1.59. The first-order chi connectivity index (χ1) is 16.8. The zero-order valence-corrected chi connectivity index (χ0v) is 22.8. The van der Waals surface area contributed by atoms with Crippen molar-refractivity contribution in [1.29, 1.82) is 0 Å². The molecule has 13 heteroatoms. The highest BCUT2D eigenvalue weighted by molar-refractivity contribution is 7.92. The summed E-state index contributed by atoms with van der Waals surface area (Å²) in [5.74, 6) is -0.367. The number of hydrogen-bond acceptors (Lipinski definition) is 5. The van der Waals surface area contributed by atoms with Crippen LogP contribution in [0.3, 0.4) is 0 Å². The van der Waals surface area contributed by atoms with E-state index in [1.807, 2.05) is 0 Å². The molecule has 8 nitrogen and oxygen atoms in total. The molecule has 2 N–H and O–H groups in total.